The number of alkyl halides is 1. The van der Waals surface area contributed by atoms with E-state index in [9.17, 15) is 4.79 Å². The van der Waals surface area contributed by atoms with Crippen molar-refractivity contribution in [1.29, 1.82) is 0 Å². The summed E-state index contributed by atoms with van der Waals surface area (Å²) in [4.78, 5) is 11.1. The number of hydrogen-bond acceptors (Lipinski definition) is 2. The number of ether oxygens (including phenoxy) is 1. The highest BCUT2D eigenvalue weighted by Crippen LogP contribution is 2.45. The van der Waals surface area contributed by atoms with E-state index in [4.69, 9.17) is 4.74 Å². The molecule has 3 atom stereocenters. The van der Waals surface area contributed by atoms with Gasteiger partial charge < -0.3 is 4.74 Å². The van der Waals surface area contributed by atoms with Crippen LogP contribution in [0, 0.1) is 5.92 Å². The third-order valence-corrected chi connectivity index (χ3v) is 3.98. The molecule has 0 aromatic carbocycles. The average Bonchev–Trinajstić information content (AvgIpc) is 2.23. The Morgan fingerprint density at radius 3 is 3.09 bits per heavy atom. The lowest BCUT2D eigenvalue weighted by molar-refractivity contribution is -0.143. The zero-order valence-corrected chi connectivity index (χ0v) is 8.63. The maximum absolute atomic E-state index is 11.1. The van der Waals surface area contributed by atoms with Crippen LogP contribution >= 0.6 is 22.6 Å². The molecule has 0 aromatic rings. The lowest BCUT2D eigenvalue weighted by Gasteiger charge is -2.30. The molecule has 0 spiro atoms. The Bertz CT molecular complexity index is 200. The van der Waals surface area contributed by atoms with Gasteiger partial charge in [-0.2, -0.15) is 0 Å². The Morgan fingerprint density at radius 2 is 2.45 bits per heavy atom. The van der Waals surface area contributed by atoms with Gasteiger partial charge in [-0.25, -0.2) is 0 Å². The summed E-state index contributed by atoms with van der Waals surface area (Å²) in [6.45, 7) is 2.17. The molecule has 1 aliphatic heterocycles. The van der Waals surface area contributed by atoms with Crippen LogP contribution in [-0.4, -0.2) is 15.5 Å². The third kappa shape index (κ3) is 1.17. The fraction of sp³-hybridized carbons (Fsp3) is 0.875. The number of carbonyl (C=O) groups excluding carboxylic acids is 1. The van der Waals surface area contributed by atoms with E-state index >= 15 is 0 Å². The molecular formula is C8H11IO2. The van der Waals surface area contributed by atoms with E-state index in [-0.39, 0.29) is 21.4 Å². The maximum atomic E-state index is 11.1. The number of fused-ring (bicyclic) bond motifs is 2. The largest absolute Gasteiger partial charge is 0.461 e. The first-order chi connectivity index (χ1) is 5.09. The number of carbonyl (C=O) groups is 1. The first-order valence-electron chi connectivity index (χ1n) is 3.99. The van der Waals surface area contributed by atoms with Crippen LogP contribution in [0.15, 0.2) is 0 Å². The number of esters is 1. The van der Waals surface area contributed by atoms with Crippen LogP contribution in [0.3, 0.4) is 0 Å². The lowest BCUT2D eigenvalue weighted by Crippen LogP contribution is -2.35. The Morgan fingerprint density at radius 1 is 1.73 bits per heavy atom. The molecule has 0 radical (unpaired) electrons. The van der Waals surface area contributed by atoms with Crippen molar-refractivity contribution >= 4 is 28.6 Å². The molecule has 0 amide bonds. The molecule has 0 aromatic heterocycles. The van der Waals surface area contributed by atoms with Gasteiger partial charge in [0.2, 0.25) is 0 Å². The van der Waals surface area contributed by atoms with E-state index in [1.807, 2.05) is 0 Å². The van der Waals surface area contributed by atoms with Gasteiger partial charge in [-0.1, -0.05) is 22.6 Å². The van der Waals surface area contributed by atoms with Crippen LogP contribution in [0.5, 0.6) is 0 Å². The normalized spacial score (nSPS) is 49.1. The van der Waals surface area contributed by atoms with E-state index in [1.165, 1.54) is 0 Å². The van der Waals surface area contributed by atoms with Gasteiger partial charge in [0.05, 0.1) is 9.34 Å². The molecule has 2 fully saturated rings. The second kappa shape index (κ2) is 2.34. The molecule has 11 heavy (non-hydrogen) atoms. The summed E-state index contributed by atoms with van der Waals surface area (Å²) in [6.07, 6.45) is 3.29. The molecule has 2 aliphatic rings. The van der Waals surface area contributed by atoms with E-state index in [0.29, 0.717) is 0 Å². The summed E-state index contributed by atoms with van der Waals surface area (Å²) in [5, 5.41) is 0. The molecule has 1 aliphatic carbocycles. The Kier molecular flexibility index (Phi) is 1.67. The summed E-state index contributed by atoms with van der Waals surface area (Å²) in [7, 11) is 0. The molecule has 3 heteroatoms. The minimum absolute atomic E-state index is 0.0374. The van der Waals surface area contributed by atoms with Gasteiger partial charge in [0, 0.05) is 0 Å². The Hall–Kier alpha value is 0.200. The average molecular weight is 266 g/mol. The van der Waals surface area contributed by atoms with E-state index in [2.05, 4.69) is 29.5 Å². The highest BCUT2D eigenvalue weighted by molar-refractivity contribution is 14.1. The third-order valence-electron chi connectivity index (χ3n) is 2.74. The van der Waals surface area contributed by atoms with Crippen LogP contribution in [0.1, 0.15) is 26.2 Å². The van der Waals surface area contributed by atoms with Crippen LogP contribution in [0.25, 0.3) is 0 Å². The quantitative estimate of drug-likeness (QED) is 0.380. The molecule has 1 heterocycles. The fourth-order valence-electron chi connectivity index (χ4n) is 1.86. The van der Waals surface area contributed by atoms with Gasteiger partial charge in [0.15, 0.2) is 0 Å². The molecule has 2 nitrogen and oxygen atoms in total. The first kappa shape index (κ1) is 7.83. The van der Waals surface area contributed by atoms with Gasteiger partial charge in [-0.15, -0.1) is 0 Å². The zero-order valence-electron chi connectivity index (χ0n) is 6.47. The summed E-state index contributed by atoms with van der Waals surface area (Å²) in [5.41, 5.74) is 0. The van der Waals surface area contributed by atoms with Crippen LogP contribution in [0.4, 0.5) is 0 Å². The van der Waals surface area contributed by atoms with Crippen molar-refractivity contribution < 1.29 is 9.53 Å². The number of rotatable bonds is 0. The predicted octanol–water partition coefficient (Wildman–Crippen LogP) is 1.91. The summed E-state index contributed by atoms with van der Waals surface area (Å²) in [6, 6.07) is 0. The molecule has 2 rings (SSSR count). The molecule has 1 saturated carbocycles. The second-order valence-electron chi connectivity index (χ2n) is 3.67. The van der Waals surface area contributed by atoms with Crippen molar-refractivity contribution in [3.8, 4) is 0 Å². The van der Waals surface area contributed by atoms with Crippen molar-refractivity contribution in [2.24, 2.45) is 5.92 Å². The standard InChI is InChI=1S/C8H11IO2/c1-8(9)3-2-5-4-6(8)11-7(5)10/h5-6H,2-4H2,1H3/t5-,6-,8-/m1/s1. The summed E-state index contributed by atoms with van der Waals surface area (Å²) in [5.74, 6) is 0.262. The van der Waals surface area contributed by atoms with Crippen LogP contribution in [0.2, 0.25) is 0 Å². The summed E-state index contributed by atoms with van der Waals surface area (Å²) < 4.78 is 5.45. The molecule has 0 N–H and O–H groups in total. The van der Waals surface area contributed by atoms with E-state index in [1.54, 1.807) is 0 Å². The van der Waals surface area contributed by atoms with Crippen LogP contribution in [-0.2, 0) is 9.53 Å². The second-order valence-corrected chi connectivity index (χ2v) is 6.14. The number of hydrogen-bond donors (Lipinski definition) is 0. The van der Waals surface area contributed by atoms with Crippen molar-refractivity contribution in [3.63, 3.8) is 0 Å². The summed E-state index contributed by atoms with van der Waals surface area (Å²) >= 11 is 2.41. The van der Waals surface area contributed by atoms with Crippen molar-refractivity contribution in [2.75, 3.05) is 0 Å². The SMILES string of the molecule is C[C@@]1(I)CC[C@@H]2C[C@H]1OC2=O. The number of halogens is 1. The topological polar surface area (TPSA) is 26.3 Å². The predicted molar refractivity (Wildman–Crippen MR) is 49.6 cm³/mol. The Balaban J connectivity index is 2.21. The molecular weight excluding hydrogens is 255 g/mol. The minimum atomic E-state index is 0.0374. The van der Waals surface area contributed by atoms with E-state index < -0.39 is 0 Å². The highest BCUT2D eigenvalue weighted by Gasteiger charge is 2.48. The highest BCUT2D eigenvalue weighted by atomic mass is 127. The lowest BCUT2D eigenvalue weighted by atomic mass is 9.83. The smallest absolute Gasteiger partial charge is 0.309 e. The van der Waals surface area contributed by atoms with Crippen molar-refractivity contribution in [1.82, 2.24) is 0 Å². The van der Waals surface area contributed by atoms with Gasteiger partial charge in [-0.3, -0.25) is 4.79 Å². The van der Waals surface area contributed by atoms with Crippen molar-refractivity contribution in [2.45, 2.75) is 35.7 Å². The Labute approximate surface area is 79.8 Å². The maximum Gasteiger partial charge on any atom is 0.309 e. The molecule has 2 bridgehead atoms. The minimum Gasteiger partial charge on any atom is -0.461 e. The molecule has 0 unspecified atom stereocenters. The van der Waals surface area contributed by atoms with Crippen molar-refractivity contribution in [3.05, 3.63) is 0 Å². The molecule has 62 valence electrons. The fourth-order valence-corrected chi connectivity index (χ4v) is 2.55. The molecule has 1 saturated heterocycles. The van der Waals surface area contributed by atoms with Gasteiger partial charge in [-0.05, 0) is 26.2 Å². The van der Waals surface area contributed by atoms with Gasteiger partial charge >= 0.3 is 5.97 Å². The zero-order chi connectivity index (χ0) is 8.06. The monoisotopic (exact) mass is 266 g/mol. The van der Waals surface area contributed by atoms with E-state index in [0.717, 1.165) is 19.3 Å². The first-order valence-corrected chi connectivity index (χ1v) is 5.07. The van der Waals surface area contributed by atoms with Gasteiger partial charge in [0.25, 0.3) is 0 Å². The van der Waals surface area contributed by atoms with Crippen LogP contribution < -0.4 is 0 Å². The van der Waals surface area contributed by atoms with Gasteiger partial charge in [0.1, 0.15) is 6.10 Å².